The molecule has 1 atom stereocenters. The van der Waals surface area contributed by atoms with Crippen molar-refractivity contribution in [2.24, 2.45) is 5.92 Å². The monoisotopic (exact) mass is 228 g/mol. The first-order chi connectivity index (χ1) is 7.28. The Bertz CT molecular complexity index is 268. The second-order valence-electron chi connectivity index (χ2n) is 4.56. The van der Waals surface area contributed by atoms with Crippen molar-refractivity contribution >= 4 is 11.9 Å². The van der Waals surface area contributed by atoms with Crippen molar-refractivity contribution in [1.82, 2.24) is 0 Å². The lowest BCUT2D eigenvalue weighted by Gasteiger charge is -2.24. The number of aliphatic carboxylic acids is 1. The van der Waals surface area contributed by atoms with Crippen LogP contribution < -0.4 is 0 Å². The molecule has 0 heterocycles. The van der Waals surface area contributed by atoms with Crippen LogP contribution in [0, 0.1) is 5.92 Å². The van der Waals surface area contributed by atoms with Gasteiger partial charge in [0.2, 0.25) is 0 Å². The summed E-state index contributed by atoms with van der Waals surface area (Å²) in [5.41, 5.74) is -0.726. The molecule has 0 radical (unpaired) electrons. The summed E-state index contributed by atoms with van der Waals surface area (Å²) in [4.78, 5) is 21.2. The number of carboxylic acids is 1. The molecule has 0 spiro atoms. The molecule has 16 heavy (non-hydrogen) atoms. The molecule has 0 aromatic carbocycles. The van der Waals surface area contributed by atoms with Crippen molar-refractivity contribution in [2.45, 2.75) is 45.6 Å². The third-order valence-corrected chi connectivity index (χ3v) is 2.38. The van der Waals surface area contributed by atoms with Gasteiger partial charge in [-0.15, -0.1) is 6.58 Å². The topological polar surface area (TPSA) is 63.6 Å². The van der Waals surface area contributed by atoms with Crippen molar-refractivity contribution in [3.63, 3.8) is 0 Å². The van der Waals surface area contributed by atoms with Crippen LogP contribution in [0.1, 0.15) is 40.0 Å². The molecule has 4 heteroatoms. The van der Waals surface area contributed by atoms with Crippen LogP contribution in [-0.2, 0) is 14.3 Å². The average molecular weight is 228 g/mol. The molecule has 0 bridgehead atoms. The van der Waals surface area contributed by atoms with Crippen molar-refractivity contribution < 1.29 is 19.4 Å². The van der Waals surface area contributed by atoms with E-state index in [4.69, 9.17) is 9.84 Å². The normalized spacial score (nSPS) is 12.9. The molecule has 0 fully saturated rings. The van der Waals surface area contributed by atoms with Gasteiger partial charge in [-0.3, -0.25) is 0 Å². The Balaban J connectivity index is 4.00. The van der Waals surface area contributed by atoms with Gasteiger partial charge in [0, 0.05) is 0 Å². The first kappa shape index (κ1) is 14.7. The van der Waals surface area contributed by atoms with Gasteiger partial charge in [-0.1, -0.05) is 13.0 Å². The molecule has 0 aromatic heterocycles. The standard InChI is InChI=1S/C12H20O4/c1-5-9(2)7-6-8-12(3,4)16-11(15)10(13)14/h5,9H,1,6-8H2,2-4H3,(H,13,14). The van der Waals surface area contributed by atoms with E-state index in [1.807, 2.05) is 6.08 Å². The van der Waals surface area contributed by atoms with Gasteiger partial charge in [0.25, 0.3) is 0 Å². The Labute approximate surface area is 96.3 Å². The number of esters is 1. The maximum atomic E-state index is 10.9. The molecule has 0 saturated heterocycles. The van der Waals surface area contributed by atoms with E-state index < -0.39 is 17.5 Å². The molecule has 0 rings (SSSR count). The summed E-state index contributed by atoms with van der Waals surface area (Å²) in [5, 5.41) is 8.41. The molecule has 0 saturated carbocycles. The quantitative estimate of drug-likeness (QED) is 0.430. The zero-order chi connectivity index (χ0) is 12.8. The highest BCUT2D eigenvalue weighted by atomic mass is 16.6. The molecule has 92 valence electrons. The minimum Gasteiger partial charge on any atom is -0.473 e. The molecule has 1 N–H and O–H groups in total. The number of carbonyl (C=O) groups excluding carboxylic acids is 1. The summed E-state index contributed by atoms with van der Waals surface area (Å²) in [6, 6.07) is 0. The Morgan fingerprint density at radius 3 is 2.50 bits per heavy atom. The maximum absolute atomic E-state index is 10.9. The van der Waals surface area contributed by atoms with E-state index in [-0.39, 0.29) is 0 Å². The molecule has 0 aliphatic rings. The fraction of sp³-hybridized carbons (Fsp3) is 0.667. The van der Waals surface area contributed by atoms with Gasteiger partial charge in [0.1, 0.15) is 5.60 Å². The number of hydrogen-bond donors (Lipinski definition) is 1. The van der Waals surface area contributed by atoms with E-state index in [0.717, 1.165) is 12.8 Å². The van der Waals surface area contributed by atoms with Crippen LogP contribution in [0.4, 0.5) is 0 Å². The lowest BCUT2D eigenvalue weighted by atomic mass is 9.97. The van der Waals surface area contributed by atoms with E-state index >= 15 is 0 Å². The largest absolute Gasteiger partial charge is 0.473 e. The maximum Gasteiger partial charge on any atom is 0.417 e. The number of ether oxygens (including phenoxy) is 1. The van der Waals surface area contributed by atoms with Gasteiger partial charge in [0.15, 0.2) is 0 Å². The molecular formula is C12H20O4. The zero-order valence-corrected chi connectivity index (χ0v) is 10.2. The molecule has 0 aliphatic heterocycles. The fourth-order valence-corrected chi connectivity index (χ4v) is 1.31. The third-order valence-electron chi connectivity index (χ3n) is 2.38. The minimum atomic E-state index is -1.55. The first-order valence-corrected chi connectivity index (χ1v) is 5.37. The second-order valence-corrected chi connectivity index (χ2v) is 4.56. The summed E-state index contributed by atoms with van der Waals surface area (Å²) in [6.45, 7) is 9.17. The number of hydrogen-bond acceptors (Lipinski definition) is 3. The van der Waals surface area contributed by atoms with Crippen molar-refractivity contribution in [3.05, 3.63) is 12.7 Å². The van der Waals surface area contributed by atoms with Crippen LogP contribution in [0.2, 0.25) is 0 Å². The fourth-order valence-electron chi connectivity index (χ4n) is 1.31. The molecule has 0 aliphatic carbocycles. The van der Waals surface area contributed by atoms with E-state index in [1.165, 1.54) is 0 Å². The van der Waals surface area contributed by atoms with Crippen LogP contribution in [0.3, 0.4) is 0 Å². The van der Waals surface area contributed by atoms with Gasteiger partial charge < -0.3 is 9.84 Å². The summed E-state index contributed by atoms with van der Waals surface area (Å²) >= 11 is 0. The summed E-state index contributed by atoms with van der Waals surface area (Å²) in [6.07, 6.45) is 4.34. The average Bonchev–Trinajstić information content (AvgIpc) is 2.16. The molecule has 0 amide bonds. The van der Waals surface area contributed by atoms with Gasteiger partial charge in [0.05, 0.1) is 0 Å². The van der Waals surface area contributed by atoms with Crippen molar-refractivity contribution in [3.8, 4) is 0 Å². The summed E-state index contributed by atoms with van der Waals surface area (Å²) < 4.78 is 4.85. The Morgan fingerprint density at radius 2 is 2.06 bits per heavy atom. The Hall–Kier alpha value is -1.32. The van der Waals surface area contributed by atoms with E-state index in [9.17, 15) is 9.59 Å². The zero-order valence-electron chi connectivity index (χ0n) is 10.2. The minimum absolute atomic E-state index is 0.422. The van der Waals surface area contributed by atoms with Gasteiger partial charge in [-0.05, 0) is 39.0 Å². The Kier molecular flexibility index (Phi) is 5.78. The van der Waals surface area contributed by atoms with E-state index in [1.54, 1.807) is 13.8 Å². The molecule has 0 aromatic rings. The van der Waals surface area contributed by atoms with E-state index in [0.29, 0.717) is 12.3 Å². The smallest absolute Gasteiger partial charge is 0.417 e. The number of allylic oxidation sites excluding steroid dienone is 1. The molecule has 4 nitrogen and oxygen atoms in total. The number of carbonyl (C=O) groups is 2. The van der Waals surface area contributed by atoms with Crippen LogP contribution in [0.25, 0.3) is 0 Å². The molecule has 1 unspecified atom stereocenters. The van der Waals surface area contributed by atoms with E-state index in [2.05, 4.69) is 13.5 Å². The van der Waals surface area contributed by atoms with Crippen LogP contribution in [-0.4, -0.2) is 22.6 Å². The SMILES string of the molecule is C=CC(C)CCCC(C)(C)OC(=O)C(=O)O. The predicted molar refractivity (Wildman–Crippen MR) is 61.0 cm³/mol. The highest BCUT2D eigenvalue weighted by molar-refractivity contribution is 6.28. The summed E-state index contributed by atoms with van der Waals surface area (Å²) in [5.74, 6) is -2.32. The lowest BCUT2D eigenvalue weighted by molar-refractivity contribution is -0.172. The van der Waals surface area contributed by atoms with Crippen LogP contribution in [0.15, 0.2) is 12.7 Å². The Morgan fingerprint density at radius 1 is 1.50 bits per heavy atom. The van der Waals surface area contributed by atoms with Gasteiger partial charge >= 0.3 is 11.9 Å². The number of rotatable bonds is 6. The first-order valence-electron chi connectivity index (χ1n) is 5.37. The van der Waals surface area contributed by atoms with Gasteiger partial charge in [-0.2, -0.15) is 0 Å². The van der Waals surface area contributed by atoms with Gasteiger partial charge in [-0.25, -0.2) is 9.59 Å². The number of carboxylic acid groups (broad SMARTS) is 1. The third kappa shape index (κ3) is 6.22. The summed E-state index contributed by atoms with van der Waals surface area (Å²) in [7, 11) is 0. The molecular weight excluding hydrogens is 208 g/mol. The predicted octanol–water partition coefficient (Wildman–Crippen LogP) is 2.39. The lowest BCUT2D eigenvalue weighted by Crippen LogP contribution is -2.31. The van der Waals surface area contributed by atoms with Crippen molar-refractivity contribution in [1.29, 1.82) is 0 Å². The van der Waals surface area contributed by atoms with Crippen LogP contribution >= 0.6 is 0 Å². The van der Waals surface area contributed by atoms with Crippen LogP contribution in [0.5, 0.6) is 0 Å². The van der Waals surface area contributed by atoms with Crippen molar-refractivity contribution in [2.75, 3.05) is 0 Å². The highest BCUT2D eigenvalue weighted by Crippen LogP contribution is 2.20. The highest BCUT2D eigenvalue weighted by Gasteiger charge is 2.26. The second kappa shape index (κ2) is 6.30.